The summed E-state index contributed by atoms with van der Waals surface area (Å²) < 4.78 is 4.80. The number of hydrogen-bond acceptors (Lipinski definition) is 2. The van der Waals surface area contributed by atoms with E-state index < -0.39 is 0 Å². The van der Waals surface area contributed by atoms with E-state index in [2.05, 4.69) is 6.92 Å². The van der Waals surface area contributed by atoms with Crippen molar-refractivity contribution in [2.45, 2.75) is 20.3 Å². The van der Waals surface area contributed by atoms with Crippen molar-refractivity contribution in [2.24, 2.45) is 11.8 Å². The van der Waals surface area contributed by atoms with Gasteiger partial charge in [-0.05, 0) is 19.3 Å². The molecule has 2 atom stereocenters. The van der Waals surface area contributed by atoms with E-state index in [-0.39, 0.29) is 11.9 Å². The van der Waals surface area contributed by atoms with Crippen LogP contribution < -0.4 is 0 Å². The van der Waals surface area contributed by atoms with Gasteiger partial charge >= 0.3 is 5.97 Å². The smallest absolute Gasteiger partial charge is 0.309 e. The van der Waals surface area contributed by atoms with Crippen molar-refractivity contribution in [3.05, 3.63) is 0 Å². The lowest BCUT2D eigenvalue weighted by Crippen LogP contribution is -2.06. The second kappa shape index (κ2) is 2.38. The molecule has 9 heavy (non-hydrogen) atoms. The van der Waals surface area contributed by atoms with Crippen molar-refractivity contribution < 1.29 is 9.53 Å². The first-order valence-electron chi connectivity index (χ1n) is 3.42. The Morgan fingerprint density at radius 1 is 1.78 bits per heavy atom. The lowest BCUT2D eigenvalue weighted by Gasteiger charge is -1.96. The maximum atomic E-state index is 10.8. The highest BCUT2D eigenvalue weighted by atomic mass is 16.5. The SMILES string of the molecule is CCOC(=O)[C@H]1C[C@@H]1C. The molecule has 2 heteroatoms. The largest absolute Gasteiger partial charge is 0.466 e. The van der Waals surface area contributed by atoms with E-state index in [9.17, 15) is 4.79 Å². The van der Waals surface area contributed by atoms with Crippen LogP contribution in [0.5, 0.6) is 0 Å². The summed E-state index contributed by atoms with van der Waals surface area (Å²) in [5.41, 5.74) is 0. The summed E-state index contributed by atoms with van der Waals surface area (Å²) in [7, 11) is 0. The summed E-state index contributed by atoms with van der Waals surface area (Å²) in [4.78, 5) is 10.8. The fourth-order valence-electron chi connectivity index (χ4n) is 0.900. The third-order valence-electron chi connectivity index (χ3n) is 1.70. The Labute approximate surface area is 55.2 Å². The topological polar surface area (TPSA) is 26.3 Å². The van der Waals surface area contributed by atoms with Crippen LogP contribution in [0.25, 0.3) is 0 Å². The minimum atomic E-state index is -0.00926. The van der Waals surface area contributed by atoms with Gasteiger partial charge in [-0.15, -0.1) is 0 Å². The van der Waals surface area contributed by atoms with Crippen LogP contribution in [0.15, 0.2) is 0 Å². The summed E-state index contributed by atoms with van der Waals surface area (Å²) in [6.45, 7) is 4.43. The van der Waals surface area contributed by atoms with Gasteiger partial charge in [0.25, 0.3) is 0 Å². The summed E-state index contributed by atoms with van der Waals surface area (Å²) in [5.74, 6) is 0.791. The molecule has 0 unspecified atom stereocenters. The van der Waals surface area contributed by atoms with Crippen molar-refractivity contribution in [3.8, 4) is 0 Å². The van der Waals surface area contributed by atoms with E-state index in [1.165, 1.54) is 0 Å². The summed E-state index contributed by atoms with van der Waals surface area (Å²) in [6.07, 6.45) is 1.03. The Hall–Kier alpha value is -0.530. The monoisotopic (exact) mass is 128 g/mol. The molecule has 0 N–H and O–H groups in total. The highest BCUT2D eigenvalue weighted by Crippen LogP contribution is 2.38. The lowest BCUT2D eigenvalue weighted by molar-refractivity contribution is -0.144. The van der Waals surface area contributed by atoms with Crippen LogP contribution in [-0.2, 0) is 9.53 Å². The van der Waals surface area contributed by atoms with Crippen molar-refractivity contribution in [1.82, 2.24) is 0 Å². The summed E-state index contributed by atoms with van der Waals surface area (Å²) in [6, 6.07) is 0. The van der Waals surface area contributed by atoms with Gasteiger partial charge in [-0.3, -0.25) is 4.79 Å². The molecule has 2 nitrogen and oxygen atoms in total. The van der Waals surface area contributed by atoms with Crippen molar-refractivity contribution in [2.75, 3.05) is 6.61 Å². The van der Waals surface area contributed by atoms with Crippen molar-refractivity contribution >= 4 is 5.97 Å². The number of carbonyl (C=O) groups excluding carboxylic acids is 1. The number of hydrogen-bond donors (Lipinski definition) is 0. The molecule has 0 aromatic heterocycles. The van der Waals surface area contributed by atoms with Gasteiger partial charge in [0.2, 0.25) is 0 Å². The zero-order valence-corrected chi connectivity index (χ0v) is 5.89. The maximum Gasteiger partial charge on any atom is 0.309 e. The fraction of sp³-hybridized carbons (Fsp3) is 0.857. The number of rotatable bonds is 2. The normalized spacial score (nSPS) is 31.8. The third-order valence-corrected chi connectivity index (χ3v) is 1.70. The van der Waals surface area contributed by atoms with Crippen LogP contribution in [0.4, 0.5) is 0 Å². The molecule has 1 aliphatic rings. The molecule has 0 radical (unpaired) electrons. The molecule has 1 saturated carbocycles. The van der Waals surface area contributed by atoms with Gasteiger partial charge in [0.05, 0.1) is 12.5 Å². The van der Waals surface area contributed by atoms with E-state index in [0.29, 0.717) is 12.5 Å². The molecule has 1 rings (SSSR count). The average Bonchev–Trinajstić information content (AvgIpc) is 2.47. The van der Waals surface area contributed by atoms with Gasteiger partial charge in [-0.2, -0.15) is 0 Å². The molecule has 0 aliphatic heterocycles. The van der Waals surface area contributed by atoms with Gasteiger partial charge < -0.3 is 4.74 Å². The van der Waals surface area contributed by atoms with Crippen LogP contribution in [0.2, 0.25) is 0 Å². The molecule has 0 bridgehead atoms. The molecular weight excluding hydrogens is 116 g/mol. The Bertz CT molecular complexity index is 120. The van der Waals surface area contributed by atoms with Crippen molar-refractivity contribution in [3.63, 3.8) is 0 Å². The van der Waals surface area contributed by atoms with Gasteiger partial charge in [-0.25, -0.2) is 0 Å². The third kappa shape index (κ3) is 1.44. The maximum absolute atomic E-state index is 10.8. The predicted octanol–water partition coefficient (Wildman–Crippen LogP) is 1.21. The van der Waals surface area contributed by atoms with Crippen LogP contribution in [0.3, 0.4) is 0 Å². The number of carbonyl (C=O) groups is 1. The Balaban J connectivity index is 2.20. The van der Waals surface area contributed by atoms with Gasteiger partial charge in [0.1, 0.15) is 0 Å². The zero-order chi connectivity index (χ0) is 6.85. The molecule has 1 fully saturated rings. The quantitative estimate of drug-likeness (QED) is 0.522. The molecule has 1 aliphatic carbocycles. The average molecular weight is 128 g/mol. The number of esters is 1. The Morgan fingerprint density at radius 3 is 2.67 bits per heavy atom. The molecule has 0 aromatic rings. The van der Waals surface area contributed by atoms with Gasteiger partial charge in [0.15, 0.2) is 0 Å². The highest BCUT2D eigenvalue weighted by Gasteiger charge is 2.40. The molecule has 0 spiro atoms. The number of ether oxygens (including phenoxy) is 1. The van der Waals surface area contributed by atoms with Crippen LogP contribution in [0, 0.1) is 11.8 Å². The van der Waals surface area contributed by atoms with Gasteiger partial charge in [0, 0.05) is 0 Å². The first-order chi connectivity index (χ1) is 4.25. The van der Waals surface area contributed by atoms with Gasteiger partial charge in [-0.1, -0.05) is 6.92 Å². The second-order valence-corrected chi connectivity index (χ2v) is 2.57. The molecule has 0 heterocycles. The zero-order valence-electron chi connectivity index (χ0n) is 5.89. The van der Waals surface area contributed by atoms with Crippen LogP contribution >= 0.6 is 0 Å². The standard InChI is InChI=1S/C7H12O2/c1-3-9-7(8)6-4-5(6)2/h5-6H,3-4H2,1-2H3/t5-,6-/m0/s1. The van der Waals surface area contributed by atoms with Crippen LogP contribution in [0.1, 0.15) is 20.3 Å². The summed E-state index contributed by atoms with van der Waals surface area (Å²) in [5, 5.41) is 0. The van der Waals surface area contributed by atoms with E-state index in [0.717, 1.165) is 6.42 Å². The van der Waals surface area contributed by atoms with E-state index >= 15 is 0 Å². The van der Waals surface area contributed by atoms with Crippen molar-refractivity contribution in [1.29, 1.82) is 0 Å². The minimum absolute atomic E-state index is 0.00926. The lowest BCUT2D eigenvalue weighted by atomic mass is 10.3. The molecule has 0 amide bonds. The van der Waals surface area contributed by atoms with Crippen LogP contribution in [-0.4, -0.2) is 12.6 Å². The highest BCUT2D eigenvalue weighted by molar-refractivity contribution is 5.75. The Morgan fingerprint density at radius 2 is 2.33 bits per heavy atom. The van der Waals surface area contributed by atoms with E-state index in [4.69, 9.17) is 4.74 Å². The van der Waals surface area contributed by atoms with E-state index in [1.807, 2.05) is 6.92 Å². The first kappa shape index (κ1) is 6.59. The Kier molecular flexibility index (Phi) is 1.74. The molecular formula is C7H12O2. The van der Waals surface area contributed by atoms with E-state index in [1.54, 1.807) is 0 Å². The first-order valence-corrected chi connectivity index (χ1v) is 3.42. The fourth-order valence-corrected chi connectivity index (χ4v) is 0.900. The predicted molar refractivity (Wildman–Crippen MR) is 33.9 cm³/mol. The minimum Gasteiger partial charge on any atom is -0.466 e. The molecule has 0 aromatic carbocycles. The molecule has 0 saturated heterocycles. The summed E-state index contributed by atoms with van der Waals surface area (Å²) >= 11 is 0. The second-order valence-electron chi connectivity index (χ2n) is 2.57. The molecule has 52 valence electrons.